The van der Waals surface area contributed by atoms with E-state index in [9.17, 15) is 4.79 Å². The topological polar surface area (TPSA) is 57.8 Å². The molecule has 1 amide bonds. The molecule has 0 bridgehead atoms. The number of aromatic amines is 1. The second-order valence-electron chi connectivity index (χ2n) is 6.52. The van der Waals surface area contributed by atoms with Gasteiger partial charge in [-0.1, -0.05) is 38.1 Å². The van der Waals surface area contributed by atoms with E-state index in [0.717, 1.165) is 34.1 Å². The van der Waals surface area contributed by atoms with Crippen molar-refractivity contribution in [1.29, 1.82) is 0 Å². The van der Waals surface area contributed by atoms with Crippen molar-refractivity contribution in [3.63, 3.8) is 0 Å². The zero-order valence-corrected chi connectivity index (χ0v) is 15.2. The fraction of sp³-hybridized carbons (Fsp3) is 0.263. The average Bonchev–Trinajstić information content (AvgIpc) is 3.15. The van der Waals surface area contributed by atoms with Crippen molar-refractivity contribution in [1.82, 2.24) is 10.2 Å². The van der Waals surface area contributed by atoms with Crippen LogP contribution in [0.4, 0.5) is 5.69 Å². The van der Waals surface area contributed by atoms with Gasteiger partial charge in [-0.15, -0.1) is 0 Å². The molecule has 1 aliphatic rings. The first kappa shape index (κ1) is 15.4. The number of hydrogen-bond donors (Lipinski definition) is 2. The van der Waals surface area contributed by atoms with E-state index >= 15 is 0 Å². The van der Waals surface area contributed by atoms with E-state index in [1.165, 1.54) is 16.5 Å². The molecular formula is C19H18BrN3O. The number of carbonyl (C=O) groups is 1. The summed E-state index contributed by atoms with van der Waals surface area (Å²) in [6.45, 7) is 4.12. The summed E-state index contributed by atoms with van der Waals surface area (Å²) in [6.07, 6.45) is 2.15. The number of nitrogens with zero attached hydrogens (tertiary/aromatic N) is 1. The van der Waals surface area contributed by atoms with E-state index in [-0.39, 0.29) is 11.8 Å². The van der Waals surface area contributed by atoms with Crippen molar-refractivity contribution in [3.05, 3.63) is 57.3 Å². The quantitative estimate of drug-likeness (QED) is 0.682. The summed E-state index contributed by atoms with van der Waals surface area (Å²) in [7, 11) is 0. The van der Waals surface area contributed by atoms with Crippen LogP contribution in [0.25, 0.3) is 10.8 Å². The summed E-state index contributed by atoms with van der Waals surface area (Å²) in [4.78, 5) is 12.7. The van der Waals surface area contributed by atoms with Gasteiger partial charge in [0.05, 0.1) is 10.2 Å². The van der Waals surface area contributed by atoms with Gasteiger partial charge in [-0.05, 0) is 57.3 Å². The smallest absolute Gasteiger partial charge is 0.277 e. The summed E-state index contributed by atoms with van der Waals surface area (Å²) in [5.74, 6) is 0.0638. The lowest BCUT2D eigenvalue weighted by Crippen LogP contribution is -2.13. The number of halogens is 1. The number of aryl methyl sites for hydroxylation is 2. The summed E-state index contributed by atoms with van der Waals surface area (Å²) in [5.41, 5.74) is 4.88. The standard InChI is InChI=1S/C19H18BrN3O/c1-10(2)17-16(20)18(23-22-17)19(24)21-14-9-8-12-7-6-11-4-3-5-13(14)15(11)12/h3-5,8-10H,6-7H2,1-2H3,(H,21,24)(H,22,23). The summed E-state index contributed by atoms with van der Waals surface area (Å²) < 4.78 is 0.737. The number of benzene rings is 2. The molecule has 0 atom stereocenters. The fourth-order valence-electron chi connectivity index (χ4n) is 3.41. The maximum Gasteiger partial charge on any atom is 0.277 e. The van der Waals surface area contributed by atoms with Crippen LogP contribution in [0, 0.1) is 0 Å². The van der Waals surface area contributed by atoms with Crippen LogP contribution >= 0.6 is 15.9 Å². The van der Waals surface area contributed by atoms with Crippen molar-refractivity contribution >= 4 is 38.3 Å². The van der Waals surface area contributed by atoms with Gasteiger partial charge in [-0.2, -0.15) is 5.10 Å². The first-order valence-corrected chi connectivity index (χ1v) is 8.94. The molecular weight excluding hydrogens is 366 g/mol. The molecule has 0 radical (unpaired) electrons. The fourth-order valence-corrected chi connectivity index (χ4v) is 4.23. The predicted molar refractivity (Wildman–Crippen MR) is 99.7 cm³/mol. The van der Waals surface area contributed by atoms with Crippen LogP contribution in [0.1, 0.15) is 47.1 Å². The molecule has 1 aliphatic carbocycles. The van der Waals surface area contributed by atoms with Crippen molar-refractivity contribution in [2.24, 2.45) is 0 Å². The molecule has 2 N–H and O–H groups in total. The predicted octanol–water partition coefficient (Wildman–Crippen LogP) is 4.80. The number of aromatic nitrogens is 2. The maximum absolute atomic E-state index is 12.7. The van der Waals surface area contributed by atoms with Crippen LogP contribution in [0.5, 0.6) is 0 Å². The Labute approximate surface area is 148 Å². The third kappa shape index (κ3) is 2.35. The Hall–Kier alpha value is -2.14. The Morgan fingerprint density at radius 3 is 2.67 bits per heavy atom. The second-order valence-corrected chi connectivity index (χ2v) is 7.31. The molecule has 0 unspecified atom stereocenters. The number of H-pyrrole nitrogens is 1. The minimum absolute atomic E-state index is 0.205. The Morgan fingerprint density at radius 2 is 1.96 bits per heavy atom. The van der Waals surface area contributed by atoms with Crippen LogP contribution in [0.2, 0.25) is 0 Å². The highest BCUT2D eigenvalue weighted by Gasteiger charge is 2.21. The van der Waals surface area contributed by atoms with Crippen LogP contribution in [0.15, 0.2) is 34.8 Å². The first-order valence-electron chi connectivity index (χ1n) is 8.15. The largest absolute Gasteiger partial charge is 0.320 e. The Bertz CT molecular complexity index is 948. The van der Waals surface area contributed by atoms with Gasteiger partial charge < -0.3 is 5.32 Å². The van der Waals surface area contributed by atoms with Gasteiger partial charge in [-0.25, -0.2) is 0 Å². The average molecular weight is 384 g/mol. The highest BCUT2D eigenvalue weighted by atomic mass is 79.9. The van der Waals surface area contributed by atoms with E-state index in [0.29, 0.717) is 5.69 Å². The second kappa shape index (κ2) is 5.74. The number of carbonyl (C=O) groups excluding carboxylic acids is 1. The van der Waals surface area contributed by atoms with Gasteiger partial charge in [0.15, 0.2) is 5.69 Å². The van der Waals surface area contributed by atoms with Gasteiger partial charge in [0.1, 0.15) is 0 Å². The summed E-state index contributed by atoms with van der Waals surface area (Å²) >= 11 is 3.49. The third-order valence-electron chi connectivity index (χ3n) is 4.65. The van der Waals surface area contributed by atoms with Crippen molar-refractivity contribution < 1.29 is 4.79 Å². The molecule has 24 heavy (non-hydrogen) atoms. The molecule has 2 aromatic carbocycles. The number of hydrogen-bond acceptors (Lipinski definition) is 2. The molecule has 1 heterocycles. The molecule has 4 nitrogen and oxygen atoms in total. The first-order chi connectivity index (χ1) is 11.6. The van der Waals surface area contributed by atoms with Gasteiger partial charge >= 0.3 is 0 Å². The molecule has 3 aromatic rings. The lowest BCUT2D eigenvalue weighted by molar-refractivity contribution is 0.102. The maximum atomic E-state index is 12.7. The lowest BCUT2D eigenvalue weighted by Gasteiger charge is -2.10. The number of amides is 1. The molecule has 5 heteroatoms. The molecule has 0 saturated carbocycles. The van der Waals surface area contributed by atoms with Gasteiger partial charge in [-0.3, -0.25) is 9.89 Å². The molecule has 4 rings (SSSR count). The molecule has 122 valence electrons. The van der Waals surface area contributed by atoms with E-state index in [2.05, 4.69) is 69.6 Å². The van der Waals surface area contributed by atoms with Crippen LogP contribution < -0.4 is 5.32 Å². The van der Waals surface area contributed by atoms with E-state index in [4.69, 9.17) is 0 Å². The number of anilines is 1. The van der Waals surface area contributed by atoms with Crippen LogP contribution in [-0.2, 0) is 12.8 Å². The molecule has 0 saturated heterocycles. The number of rotatable bonds is 3. The van der Waals surface area contributed by atoms with Gasteiger partial charge in [0, 0.05) is 11.1 Å². The Morgan fingerprint density at radius 1 is 1.21 bits per heavy atom. The van der Waals surface area contributed by atoms with Crippen molar-refractivity contribution in [3.8, 4) is 0 Å². The molecule has 0 fully saturated rings. The summed E-state index contributed by atoms with van der Waals surface area (Å²) in [6, 6.07) is 10.4. The van der Waals surface area contributed by atoms with Crippen molar-refractivity contribution in [2.45, 2.75) is 32.6 Å². The zero-order valence-electron chi connectivity index (χ0n) is 13.6. The highest BCUT2D eigenvalue weighted by molar-refractivity contribution is 9.10. The van der Waals surface area contributed by atoms with Gasteiger partial charge in [0.2, 0.25) is 0 Å². The summed E-state index contributed by atoms with van der Waals surface area (Å²) in [5, 5.41) is 12.5. The van der Waals surface area contributed by atoms with Crippen LogP contribution in [-0.4, -0.2) is 16.1 Å². The zero-order chi connectivity index (χ0) is 16.8. The van der Waals surface area contributed by atoms with E-state index in [1.807, 2.05) is 6.07 Å². The van der Waals surface area contributed by atoms with E-state index in [1.54, 1.807) is 0 Å². The Kier molecular flexibility index (Phi) is 3.68. The monoisotopic (exact) mass is 383 g/mol. The third-order valence-corrected chi connectivity index (χ3v) is 5.45. The minimum atomic E-state index is -0.205. The lowest BCUT2D eigenvalue weighted by atomic mass is 10.0. The van der Waals surface area contributed by atoms with Gasteiger partial charge in [0.25, 0.3) is 5.91 Å². The molecule has 0 aliphatic heterocycles. The minimum Gasteiger partial charge on any atom is -0.320 e. The van der Waals surface area contributed by atoms with Crippen molar-refractivity contribution in [2.75, 3.05) is 5.32 Å². The number of nitrogens with one attached hydrogen (secondary N) is 2. The van der Waals surface area contributed by atoms with E-state index < -0.39 is 0 Å². The highest BCUT2D eigenvalue weighted by Crippen LogP contribution is 2.35. The molecule has 0 spiro atoms. The Balaban J connectivity index is 1.72. The van der Waals surface area contributed by atoms with Crippen LogP contribution in [0.3, 0.4) is 0 Å². The normalized spacial score (nSPS) is 13.0. The SMILES string of the molecule is CC(C)c1[nH]nc(C(=O)Nc2ccc3c4c(cccc24)CC3)c1Br. The molecule has 1 aromatic heterocycles.